The van der Waals surface area contributed by atoms with E-state index in [0.29, 0.717) is 41.2 Å². The van der Waals surface area contributed by atoms with Gasteiger partial charge in [0.05, 0.1) is 30.3 Å². The molecule has 0 aromatic carbocycles. The Bertz CT molecular complexity index is 1080. The van der Waals surface area contributed by atoms with Gasteiger partial charge in [-0.15, -0.1) is 0 Å². The Hall–Kier alpha value is -0.980. The summed E-state index contributed by atoms with van der Waals surface area (Å²) in [6.45, 7) is 13.0. The number of esters is 1. The van der Waals surface area contributed by atoms with Gasteiger partial charge < -0.3 is 19.7 Å². The van der Waals surface area contributed by atoms with E-state index in [1.807, 2.05) is 27.7 Å². The number of ketones is 1. The minimum absolute atomic E-state index is 0.0563. The Morgan fingerprint density at radius 3 is 1.52 bits per heavy atom. The molecular weight excluding hydrogens is 648 g/mol. The van der Waals surface area contributed by atoms with E-state index in [2.05, 4.69) is 13.8 Å². The van der Waals surface area contributed by atoms with Crippen LogP contribution in [0.3, 0.4) is 0 Å². The number of aliphatic hydroxyl groups excluding tert-OH is 2. The summed E-state index contributed by atoms with van der Waals surface area (Å²) in [4.78, 5) is 27.2. The van der Waals surface area contributed by atoms with E-state index in [-0.39, 0.29) is 41.5 Å². The topological polar surface area (TPSA) is 93.1 Å². The summed E-state index contributed by atoms with van der Waals surface area (Å²) in [5.41, 5.74) is -0.0113. The molecule has 6 aliphatic carbocycles. The molecule has 0 spiro atoms. The second kappa shape index (κ2) is 19.2. The molecule has 3 atom stereocenters. The molecule has 0 aromatic heterocycles. The third-order valence-electron chi connectivity index (χ3n) is 16.0. The van der Waals surface area contributed by atoms with Crippen LogP contribution in [0.15, 0.2) is 0 Å². The number of Topliss-reactive ketones (excluding diaryl/α,β-unsaturated/α-hetero) is 1. The summed E-state index contributed by atoms with van der Waals surface area (Å²) in [5.74, 6) is 3.55. The summed E-state index contributed by atoms with van der Waals surface area (Å²) in [7, 11) is 0. The van der Waals surface area contributed by atoms with Crippen LogP contribution < -0.4 is 0 Å². The second-order valence-corrected chi connectivity index (χ2v) is 18.6. The average molecular weight is 729 g/mol. The SMILES string of the molecule is CC.CC.CC(C)(C1CCC(O)CC1)C1CCC(OC2CCC(C(=O)C3CCC(C4(C5CCC(O)CC5)OC(=O)C5CCCCC54)CC3)CC2)CC1. The first-order chi connectivity index (χ1) is 25.1. The van der Waals surface area contributed by atoms with Crippen molar-refractivity contribution in [1.29, 1.82) is 0 Å². The predicted octanol–water partition coefficient (Wildman–Crippen LogP) is 10.8. The first-order valence-electron chi connectivity index (χ1n) is 22.9. The fourth-order valence-corrected chi connectivity index (χ4v) is 12.9. The van der Waals surface area contributed by atoms with Crippen molar-refractivity contribution in [3.05, 3.63) is 0 Å². The zero-order valence-corrected chi connectivity index (χ0v) is 34.4. The highest BCUT2D eigenvalue weighted by Gasteiger charge is 2.63. The van der Waals surface area contributed by atoms with Gasteiger partial charge in [-0.2, -0.15) is 0 Å². The van der Waals surface area contributed by atoms with Crippen LogP contribution in [0.5, 0.6) is 0 Å². The molecule has 7 fully saturated rings. The smallest absolute Gasteiger partial charge is 0.309 e. The maximum Gasteiger partial charge on any atom is 0.309 e. The number of hydrogen-bond donors (Lipinski definition) is 2. The summed E-state index contributed by atoms with van der Waals surface area (Å²) in [6.07, 6.45) is 25.5. The van der Waals surface area contributed by atoms with E-state index < -0.39 is 0 Å². The number of ether oxygens (including phenoxy) is 2. The van der Waals surface area contributed by atoms with Crippen molar-refractivity contribution in [3.63, 3.8) is 0 Å². The van der Waals surface area contributed by atoms with Crippen molar-refractivity contribution in [2.45, 2.75) is 226 Å². The van der Waals surface area contributed by atoms with Gasteiger partial charge in [0, 0.05) is 17.8 Å². The van der Waals surface area contributed by atoms with E-state index in [1.54, 1.807) is 0 Å². The van der Waals surface area contributed by atoms with E-state index in [1.165, 1.54) is 44.9 Å². The highest BCUT2D eigenvalue weighted by Crippen LogP contribution is 2.59. The molecule has 0 bridgehead atoms. The van der Waals surface area contributed by atoms with Crippen LogP contribution >= 0.6 is 0 Å². The maximum atomic E-state index is 13.9. The quantitative estimate of drug-likeness (QED) is 0.242. The Labute approximate surface area is 318 Å². The molecule has 6 nitrogen and oxygen atoms in total. The molecule has 0 aromatic rings. The summed E-state index contributed by atoms with van der Waals surface area (Å²) in [5, 5.41) is 20.3. The van der Waals surface area contributed by atoms with Crippen LogP contribution in [0.1, 0.15) is 196 Å². The lowest BCUT2D eigenvalue weighted by atomic mass is 9.56. The van der Waals surface area contributed by atoms with Crippen LogP contribution in [0.4, 0.5) is 0 Å². The van der Waals surface area contributed by atoms with E-state index in [4.69, 9.17) is 9.47 Å². The molecule has 52 heavy (non-hydrogen) atoms. The Balaban J connectivity index is 0.00000126. The molecule has 6 heteroatoms. The zero-order chi connectivity index (χ0) is 37.5. The number of cyclic esters (lactones) is 1. The number of aliphatic hydroxyl groups is 2. The Morgan fingerprint density at radius 1 is 0.596 bits per heavy atom. The van der Waals surface area contributed by atoms with Gasteiger partial charge in [-0.3, -0.25) is 9.59 Å². The molecule has 0 radical (unpaired) electrons. The van der Waals surface area contributed by atoms with E-state index in [9.17, 15) is 19.8 Å². The first-order valence-corrected chi connectivity index (χ1v) is 22.9. The van der Waals surface area contributed by atoms with Crippen molar-refractivity contribution >= 4 is 11.8 Å². The molecule has 0 amide bonds. The molecule has 7 rings (SSSR count). The van der Waals surface area contributed by atoms with Gasteiger partial charge in [0.1, 0.15) is 11.4 Å². The lowest BCUT2D eigenvalue weighted by molar-refractivity contribution is -0.172. The van der Waals surface area contributed by atoms with Gasteiger partial charge in [0.15, 0.2) is 0 Å². The van der Waals surface area contributed by atoms with Gasteiger partial charge in [0.2, 0.25) is 0 Å². The van der Waals surface area contributed by atoms with Crippen LogP contribution in [-0.4, -0.2) is 52.0 Å². The molecule has 2 N–H and O–H groups in total. The van der Waals surface area contributed by atoms with Gasteiger partial charge in [-0.1, -0.05) is 54.4 Å². The van der Waals surface area contributed by atoms with E-state index in [0.717, 1.165) is 121 Å². The zero-order valence-electron chi connectivity index (χ0n) is 34.4. The molecular formula is C46H80O6. The summed E-state index contributed by atoms with van der Waals surface area (Å²) >= 11 is 0. The standard InChI is InChI=1S/C42H68O6.2C2H6/c1-41(2,29-13-19-33(43)20-14-29)30-17-25-36(26-18-30)47-35-23-9-28(10-24-35)39(45)27-7-11-31(12-8-27)42(32-15-21-34(44)22-16-32)38-6-4-3-5-37(38)40(46)48-42;2*1-2/h27-38,43-44H,3-26H2,1-2H3;2*1-2H3. The van der Waals surface area contributed by atoms with Crippen molar-refractivity contribution in [2.24, 2.45) is 52.8 Å². The van der Waals surface area contributed by atoms with Gasteiger partial charge in [-0.05, 0) is 170 Å². The summed E-state index contributed by atoms with van der Waals surface area (Å²) in [6, 6.07) is 0. The maximum absolute atomic E-state index is 13.9. The third kappa shape index (κ3) is 9.17. The van der Waals surface area contributed by atoms with Gasteiger partial charge >= 0.3 is 5.97 Å². The molecule has 3 unspecified atom stereocenters. The lowest BCUT2D eigenvalue weighted by Crippen LogP contribution is -2.53. The predicted molar refractivity (Wildman–Crippen MR) is 210 cm³/mol. The fourth-order valence-electron chi connectivity index (χ4n) is 12.9. The molecule has 7 aliphatic rings. The average Bonchev–Trinajstić information content (AvgIpc) is 3.50. The number of fused-ring (bicyclic) bond motifs is 1. The summed E-state index contributed by atoms with van der Waals surface area (Å²) < 4.78 is 13.3. The largest absolute Gasteiger partial charge is 0.458 e. The number of carbonyl (C=O) groups is 2. The van der Waals surface area contributed by atoms with Crippen molar-refractivity contribution in [2.75, 3.05) is 0 Å². The second-order valence-electron chi connectivity index (χ2n) is 18.6. The van der Waals surface area contributed by atoms with Gasteiger partial charge in [0.25, 0.3) is 0 Å². The minimum Gasteiger partial charge on any atom is -0.458 e. The Morgan fingerprint density at radius 2 is 1.00 bits per heavy atom. The molecule has 300 valence electrons. The molecule has 1 saturated heterocycles. The number of carbonyl (C=O) groups excluding carboxylic acids is 2. The fraction of sp³-hybridized carbons (Fsp3) is 0.957. The van der Waals surface area contributed by atoms with Crippen LogP contribution in [0.2, 0.25) is 0 Å². The van der Waals surface area contributed by atoms with Gasteiger partial charge in [-0.25, -0.2) is 0 Å². The molecule has 1 aliphatic heterocycles. The van der Waals surface area contributed by atoms with Crippen molar-refractivity contribution in [3.8, 4) is 0 Å². The van der Waals surface area contributed by atoms with Crippen LogP contribution in [0, 0.1) is 52.8 Å². The first kappa shape index (κ1) is 42.2. The molecule has 6 saturated carbocycles. The number of hydrogen-bond acceptors (Lipinski definition) is 6. The highest BCUT2D eigenvalue weighted by molar-refractivity contribution is 5.83. The van der Waals surface area contributed by atoms with Crippen molar-refractivity contribution < 1.29 is 29.3 Å². The van der Waals surface area contributed by atoms with Crippen LogP contribution in [-0.2, 0) is 19.1 Å². The molecule has 1 heterocycles. The highest BCUT2D eigenvalue weighted by atomic mass is 16.6. The Kier molecular flexibility index (Phi) is 15.6. The van der Waals surface area contributed by atoms with E-state index >= 15 is 0 Å². The normalized spacial score (nSPS) is 42.7. The minimum atomic E-state index is -0.361. The number of rotatable bonds is 8. The monoisotopic (exact) mass is 729 g/mol. The van der Waals surface area contributed by atoms with Crippen molar-refractivity contribution in [1.82, 2.24) is 0 Å². The van der Waals surface area contributed by atoms with Crippen LogP contribution in [0.25, 0.3) is 0 Å². The third-order valence-corrected chi connectivity index (χ3v) is 16.0. The lowest BCUT2D eigenvalue weighted by Gasteiger charge is -2.50.